The van der Waals surface area contributed by atoms with Crippen molar-refractivity contribution in [2.75, 3.05) is 24.8 Å². The molecule has 28 heavy (non-hydrogen) atoms. The number of aromatic nitrogens is 2. The third-order valence-corrected chi connectivity index (χ3v) is 5.01. The second-order valence-electron chi connectivity index (χ2n) is 6.16. The first-order valence-corrected chi connectivity index (χ1v) is 10.3. The van der Waals surface area contributed by atoms with E-state index in [4.69, 9.17) is 9.47 Å². The lowest BCUT2D eigenvalue weighted by atomic mass is 9.82. The molecule has 0 spiro atoms. The second kappa shape index (κ2) is 8.52. The van der Waals surface area contributed by atoms with Crippen LogP contribution < -0.4 is 15.6 Å². The first kappa shape index (κ1) is 20.0. The molecule has 3 rings (SSSR count). The highest BCUT2D eigenvalue weighted by atomic mass is 32.2. The molecule has 148 valence electrons. The molecule has 0 saturated heterocycles. The summed E-state index contributed by atoms with van der Waals surface area (Å²) in [4.78, 5) is 32.9. The number of benzene rings is 1. The molecule has 1 aliphatic rings. The normalized spacial score (nSPS) is 15.6. The van der Waals surface area contributed by atoms with Crippen LogP contribution in [0, 0.1) is 0 Å². The largest absolute Gasteiger partial charge is 0.494 e. The Morgan fingerprint density at radius 3 is 2.54 bits per heavy atom. The number of esters is 1. The van der Waals surface area contributed by atoms with Gasteiger partial charge in [0.1, 0.15) is 11.6 Å². The minimum atomic E-state index is -0.585. The van der Waals surface area contributed by atoms with Crippen LogP contribution in [0.4, 0.5) is 5.82 Å². The van der Waals surface area contributed by atoms with Gasteiger partial charge in [0.25, 0.3) is 5.56 Å². The van der Waals surface area contributed by atoms with Crippen LogP contribution in [0.5, 0.6) is 5.75 Å². The summed E-state index contributed by atoms with van der Waals surface area (Å²) in [6.07, 6.45) is 1.84. The Morgan fingerprint density at radius 2 is 1.93 bits per heavy atom. The fraction of sp³-hybridized carbons (Fsp3) is 0.350. The minimum absolute atomic E-state index is 0.248. The molecule has 0 bridgehead atoms. The zero-order valence-corrected chi connectivity index (χ0v) is 17.1. The standard InChI is InChI=1S/C20H23N3O4S/c1-5-26-13-9-7-12(8-10-13)15-14(19(25)27-6-2)11(3)21-17-16(15)18(24)23-20(22-17)28-4/h7-10,15H,5-6H2,1-4H3,(H2,21,22,23,24). The van der Waals surface area contributed by atoms with E-state index in [1.165, 1.54) is 11.8 Å². The number of hydrogen-bond acceptors (Lipinski definition) is 7. The summed E-state index contributed by atoms with van der Waals surface area (Å²) in [6, 6.07) is 7.38. The number of allylic oxidation sites excluding steroid dienone is 1. The van der Waals surface area contributed by atoms with E-state index in [1.54, 1.807) is 13.8 Å². The summed E-state index contributed by atoms with van der Waals surface area (Å²) >= 11 is 1.35. The number of H-pyrrole nitrogens is 1. The molecule has 0 fully saturated rings. The Hall–Kier alpha value is -2.74. The Bertz CT molecular complexity index is 966. The second-order valence-corrected chi connectivity index (χ2v) is 6.95. The highest BCUT2D eigenvalue weighted by molar-refractivity contribution is 7.98. The topological polar surface area (TPSA) is 93.3 Å². The van der Waals surface area contributed by atoms with Gasteiger partial charge in [-0.15, -0.1) is 0 Å². The van der Waals surface area contributed by atoms with Gasteiger partial charge in [0.05, 0.1) is 30.3 Å². The maximum Gasteiger partial charge on any atom is 0.336 e. The average molecular weight is 401 g/mol. The molecular formula is C20H23N3O4S. The van der Waals surface area contributed by atoms with E-state index in [0.29, 0.717) is 34.4 Å². The van der Waals surface area contributed by atoms with Crippen LogP contribution in [0.3, 0.4) is 0 Å². The van der Waals surface area contributed by atoms with Crippen LogP contribution in [0.25, 0.3) is 0 Å². The molecule has 1 atom stereocenters. The number of carbonyl (C=O) groups excluding carboxylic acids is 1. The Morgan fingerprint density at radius 1 is 1.21 bits per heavy atom. The molecular weight excluding hydrogens is 378 g/mol. The highest BCUT2D eigenvalue weighted by Crippen LogP contribution is 2.40. The van der Waals surface area contributed by atoms with Gasteiger partial charge < -0.3 is 19.8 Å². The van der Waals surface area contributed by atoms with Crippen LogP contribution in [0.15, 0.2) is 45.5 Å². The van der Waals surface area contributed by atoms with Gasteiger partial charge in [-0.1, -0.05) is 23.9 Å². The molecule has 0 saturated carbocycles. The Balaban J connectivity index is 2.19. The van der Waals surface area contributed by atoms with Crippen molar-refractivity contribution in [2.45, 2.75) is 31.8 Å². The average Bonchev–Trinajstić information content (AvgIpc) is 2.67. The molecule has 0 radical (unpaired) electrons. The first-order valence-electron chi connectivity index (χ1n) is 9.06. The van der Waals surface area contributed by atoms with Crippen molar-refractivity contribution in [3.8, 4) is 5.75 Å². The van der Waals surface area contributed by atoms with Crippen molar-refractivity contribution in [3.05, 3.63) is 57.0 Å². The number of anilines is 1. The van der Waals surface area contributed by atoms with E-state index in [0.717, 1.165) is 11.3 Å². The van der Waals surface area contributed by atoms with E-state index in [2.05, 4.69) is 15.3 Å². The Labute approximate surface area is 167 Å². The molecule has 7 nitrogen and oxygen atoms in total. The van der Waals surface area contributed by atoms with Crippen molar-refractivity contribution in [3.63, 3.8) is 0 Å². The van der Waals surface area contributed by atoms with Crippen molar-refractivity contribution in [2.24, 2.45) is 0 Å². The third kappa shape index (κ3) is 3.77. The van der Waals surface area contributed by atoms with Crippen LogP contribution in [0.2, 0.25) is 0 Å². The summed E-state index contributed by atoms with van der Waals surface area (Å²) in [5.74, 6) is 0.143. The summed E-state index contributed by atoms with van der Waals surface area (Å²) in [7, 11) is 0. The zero-order valence-electron chi connectivity index (χ0n) is 16.3. The van der Waals surface area contributed by atoms with E-state index in [9.17, 15) is 9.59 Å². The molecule has 1 aromatic carbocycles. The van der Waals surface area contributed by atoms with Crippen molar-refractivity contribution >= 4 is 23.5 Å². The number of fused-ring (bicyclic) bond motifs is 1. The lowest BCUT2D eigenvalue weighted by Crippen LogP contribution is -2.31. The maximum atomic E-state index is 12.9. The van der Waals surface area contributed by atoms with Crippen molar-refractivity contribution in [1.82, 2.24) is 9.97 Å². The maximum absolute atomic E-state index is 12.9. The minimum Gasteiger partial charge on any atom is -0.494 e. The van der Waals surface area contributed by atoms with Crippen molar-refractivity contribution in [1.29, 1.82) is 0 Å². The fourth-order valence-corrected chi connectivity index (χ4v) is 3.64. The molecule has 2 N–H and O–H groups in total. The van der Waals surface area contributed by atoms with Gasteiger partial charge >= 0.3 is 5.97 Å². The molecule has 2 aromatic rings. The monoisotopic (exact) mass is 401 g/mol. The summed E-state index contributed by atoms with van der Waals surface area (Å²) in [5.41, 5.74) is 1.93. The lowest BCUT2D eigenvalue weighted by molar-refractivity contribution is -0.138. The predicted molar refractivity (Wildman–Crippen MR) is 109 cm³/mol. The van der Waals surface area contributed by atoms with Gasteiger partial charge in [-0.3, -0.25) is 4.79 Å². The third-order valence-electron chi connectivity index (χ3n) is 4.43. The number of hydrogen-bond donors (Lipinski definition) is 2. The summed E-state index contributed by atoms with van der Waals surface area (Å²) in [5, 5.41) is 3.61. The smallest absolute Gasteiger partial charge is 0.336 e. The number of thioether (sulfide) groups is 1. The number of nitrogens with one attached hydrogen (secondary N) is 2. The molecule has 1 unspecified atom stereocenters. The summed E-state index contributed by atoms with van der Waals surface area (Å²) < 4.78 is 10.8. The molecule has 8 heteroatoms. The zero-order chi connectivity index (χ0) is 20.3. The molecule has 1 aliphatic heterocycles. The first-order chi connectivity index (χ1) is 13.5. The summed E-state index contributed by atoms with van der Waals surface area (Å²) in [6.45, 7) is 6.26. The number of aromatic amines is 1. The quantitative estimate of drug-likeness (QED) is 0.436. The van der Waals surface area contributed by atoms with Gasteiger partial charge in [0.2, 0.25) is 0 Å². The van der Waals surface area contributed by atoms with Crippen LogP contribution in [-0.4, -0.2) is 35.4 Å². The van der Waals surface area contributed by atoms with E-state index in [1.807, 2.05) is 37.4 Å². The highest BCUT2D eigenvalue weighted by Gasteiger charge is 2.36. The van der Waals surface area contributed by atoms with Crippen LogP contribution in [-0.2, 0) is 9.53 Å². The molecule has 0 aliphatic carbocycles. The SMILES string of the molecule is CCOC(=O)C1=C(C)Nc2nc(SC)[nH]c(=O)c2C1c1ccc(OCC)cc1. The van der Waals surface area contributed by atoms with Crippen LogP contribution >= 0.6 is 11.8 Å². The predicted octanol–water partition coefficient (Wildman–Crippen LogP) is 3.29. The van der Waals surface area contributed by atoms with E-state index < -0.39 is 11.9 Å². The fourth-order valence-electron chi connectivity index (χ4n) is 3.26. The lowest BCUT2D eigenvalue weighted by Gasteiger charge is -2.28. The van der Waals surface area contributed by atoms with Crippen LogP contribution in [0.1, 0.15) is 37.8 Å². The number of ether oxygens (including phenoxy) is 2. The van der Waals surface area contributed by atoms with Gasteiger partial charge in [-0.2, -0.15) is 0 Å². The number of rotatable bonds is 6. The molecule has 0 amide bonds. The van der Waals surface area contributed by atoms with Crippen molar-refractivity contribution < 1.29 is 14.3 Å². The van der Waals surface area contributed by atoms with Gasteiger partial charge in [0, 0.05) is 5.70 Å². The molecule has 1 aromatic heterocycles. The number of nitrogens with zero attached hydrogens (tertiary/aromatic N) is 1. The van der Waals surface area contributed by atoms with Gasteiger partial charge in [-0.25, -0.2) is 9.78 Å². The van der Waals surface area contributed by atoms with Gasteiger partial charge in [-0.05, 0) is 44.7 Å². The van der Waals surface area contributed by atoms with Gasteiger partial charge in [0.15, 0.2) is 5.16 Å². The Kier molecular flexibility index (Phi) is 6.08. The van der Waals surface area contributed by atoms with E-state index >= 15 is 0 Å². The van der Waals surface area contributed by atoms with E-state index in [-0.39, 0.29) is 12.2 Å². The number of carbonyl (C=O) groups is 1. The molecule has 2 heterocycles.